The van der Waals surface area contributed by atoms with Gasteiger partial charge in [0.1, 0.15) is 11.4 Å². The molecule has 154 valence electrons. The number of carbonyl (C=O) groups excluding carboxylic acids is 1. The maximum absolute atomic E-state index is 12.7. The molecule has 0 radical (unpaired) electrons. The molecule has 0 aliphatic rings. The second-order valence-electron chi connectivity index (χ2n) is 6.27. The number of alkyl halides is 3. The van der Waals surface area contributed by atoms with Crippen LogP contribution in [0.15, 0.2) is 42.6 Å². The number of amides is 1. The summed E-state index contributed by atoms with van der Waals surface area (Å²) >= 11 is 1.40. The first kappa shape index (κ1) is 19.8. The Balaban J connectivity index is 1.71. The fourth-order valence-corrected chi connectivity index (χ4v) is 3.72. The Bertz CT molecular complexity index is 1250. The number of carbonyl (C=O) groups is 1. The Hall–Kier alpha value is -3.47. The van der Waals surface area contributed by atoms with Crippen molar-refractivity contribution in [3.8, 4) is 17.0 Å². The maximum Gasteiger partial charge on any atom is 0.573 e. The fraction of sp³-hybridized carbons (Fsp3) is 0.158. The second kappa shape index (κ2) is 7.41. The average molecular weight is 433 g/mol. The van der Waals surface area contributed by atoms with Gasteiger partial charge in [0, 0.05) is 10.4 Å². The van der Waals surface area contributed by atoms with Crippen LogP contribution in [0.2, 0.25) is 0 Å². The van der Waals surface area contributed by atoms with E-state index in [1.165, 1.54) is 46.3 Å². The number of fused-ring (bicyclic) bond motifs is 1. The van der Waals surface area contributed by atoms with Crippen molar-refractivity contribution in [3.05, 3.63) is 58.2 Å². The number of rotatable bonds is 4. The van der Waals surface area contributed by atoms with E-state index in [1.807, 2.05) is 0 Å². The molecular weight excluding hydrogens is 419 g/mol. The van der Waals surface area contributed by atoms with Crippen molar-refractivity contribution < 1.29 is 22.7 Å². The average Bonchev–Trinajstić information content (AvgIpc) is 3.23. The van der Waals surface area contributed by atoms with Gasteiger partial charge in [-0.2, -0.15) is 9.61 Å². The minimum absolute atomic E-state index is 0.147. The minimum Gasteiger partial charge on any atom is -0.405 e. The number of para-hydroxylation sites is 1. The van der Waals surface area contributed by atoms with Gasteiger partial charge in [-0.25, -0.2) is 9.97 Å². The molecule has 1 aromatic carbocycles. The largest absolute Gasteiger partial charge is 0.573 e. The molecular formula is C19H14F3N5O2S. The van der Waals surface area contributed by atoms with Crippen molar-refractivity contribution in [1.29, 1.82) is 0 Å². The molecule has 0 aliphatic carbocycles. The van der Waals surface area contributed by atoms with Crippen molar-refractivity contribution in [2.75, 3.05) is 5.32 Å². The van der Waals surface area contributed by atoms with Gasteiger partial charge in [-0.3, -0.25) is 4.79 Å². The number of aryl methyl sites for hydroxylation is 2. The lowest BCUT2D eigenvalue weighted by atomic mass is 10.1. The zero-order valence-electron chi connectivity index (χ0n) is 15.7. The van der Waals surface area contributed by atoms with Crippen LogP contribution in [-0.4, -0.2) is 31.9 Å². The van der Waals surface area contributed by atoms with E-state index < -0.39 is 12.3 Å². The summed E-state index contributed by atoms with van der Waals surface area (Å²) in [6, 6.07) is 8.80. The molecule has 0 aliphatic heterocycles. The first-order chi connectivity index (χ1) is 14.2. The number of anilines is 1. The highest BCUT2D eigenvalue weighted by molar-refractivity contribution is 7.11. The Morgan fingerprint density at radius 3 is 2.63 bits per heavy atom. The Labute approximate surface area is 172 Å². The SMILES string of the molecule is Cc1nc(C(=O)Nc2cnc3ccc(-c4ccccc4OC(F)(F)F)nn23)c(C)s1. The number of aromatic nitrogens is 4. The number of imidazole rings is 1. The van der Waals surface area contributed by atoms with Crippen LogP contribution in [0.1, 0.15) is 20.4 Å². The predicted molar refractivity (Wildman–Crippen MR) is 105 cm³/mol. The van der Waals surface area contributed by atoms with Crippen molar-refractivity contribution in [2.45, 2.75) is 20.2 Å². The van der Waals surface area contributed by atoms with Crippen LogP contribution in [-0.2, 0) is 0 Å². The quantitative estimate of drug-likeness (QED) is 0.508. The minimum atomic E-state index is -4.84. The van der Waals surface area contributed by atoms with Gasteiger partial charge in [-0.1, -0.05) is 12.1 Å². The maximum atomic E-state index is 12.7. The topological polar surface area (TPSA) is 81.4 Å². The van der Waals surface area contributed by atoms with E-state index in [2.05, 4.69) is 25.1 Å². The van der Waals surface area contributed by atoms with Crippen LogP contribution in [0.3, 0.4) is 0 Å². The predicted octanol–water partition coefficient (Wildman–Crippen LogP) is 4.62. The van der Waals surface area contributed by atoms with Gasteiger partial charge >= 0.3 is 6.36 Å². The van der Waals surface area contributed by atoms with E-state index in [1.54, 1.807) is 26.0 Å². The van der Waals surface area contributed by atoms with Crippen LogP contribution in [0.5, 0.6) is 5.75 Å². The van der Waals surface area contributed by atoms with Gasteiger partial charge in [-0.15, -0.1) is 24.5 Å². The highest BCUT2D eigenvalue weighted by Gasteiger charge is 2.32. The van der Waals surface area contributed by atoms with Crippen LogP contribution in [0.25, 0.3) is 16.9 Å². The van der Waals surface area contributed by atoms with Crippen LogP contribution < -0.4 is 10.1 Å². The lowest BCUT2D eigenvalue weighted by Gasteiger charge is -2.13. The summed E-state index contributed by atoms with van der Waals surface area (Å²) in [7, 11) is 0. The summed E-state index contributed by atoms with van der Waals surface area (Å²) in [6.07, 6.45) is -3.42. The highest BCUT2D eigenvalue weighted by Crippen LogP contribution is 2.33. The number of halogens is 3. The highest BCUT2D eigenvalue weighted by atomic mass is 32.1. The van der Waals surface area contributed by atoms with Gasteiger partial charge in [0.25, 0.3) is 5.91 Å². The number of hydrogen-bond donors (Lipinski definition) is 1. The normalized spacial score (nSPS) is 11.6. The number of ether oxygens (including phenoxy) is 1. The zero-order chi connectivity index (χ0) is 21.5. The van der Waals surface area contributed by atoms with Crippen LogP contribution in [0.4, 0.5) is 19.0 Å². The Kier molecular flexibility index (Phi) is 4.90. The van der Waals surface area contributed by atoms with Crippen molar-refractivity contribution >= 4 is 28.7 Å². The lowest BCUT2D eigenvalue weighted by Crippen LogP contribution is -2.18. The summed E-state index contributed by atoms with van der Waals surface area (Å²) in [5, 5.41) is 7.81. The number of nitrogens with zero attached hydrogens (tertiary/aromatic N) is 4. The Morgan fingerprint density at radius 1 is 1.17 bits per heavy atom. The molecule has 0 unspecified atom stereocenters. The standard InChI is InChI=1S/C19H14F3N5O2S/c1-10-17(24-11(2)30-10)18(28)25-16-9-23-15-8-7-13(26-27(15)16)12-5-3-4-6-14(12)29-19(20,21)22/h3-9H,1-2H3,(H,25,28). The van der Waals surface area contributed by atoms with Gasteiger partial charge in [0.05, 0.1) is 16.9 Å². The first-order valence-electron chi connectivity index (χ1n) is 8.66. The van der Waals surface area contributed by atoms with E-state index in [4.69, 9.17) is 0 Å². The summed E-state index contributed by atoms with van der Waals surface area (Å²) in [4.78, 5) is 21.7. The molecule has 1 N–H and O–H groups in total. The summed E-state index contributed by atoms with van der Waals surface area (Å²) in [5.74, 6) is -0.543. The zero-order valence-corrected chi connectivity index (χ0v) is 16.5. The molecule has 0 fully saturated rings. The molecule has 0 bridgehead atoms. The van der Waals surface area contributed by atoms with E-state index in [9.17, 15) is 18.0 Å². The number of thiazole rings is 1. The van der Waals surface area contributed by atoms with E-state index >= 15 is 0 Å². The number of hydrogen-bond acceptors (Lipinski definition) is 6. The fourth-order valence-electron chi connectivity index (χ4n) is 2.91. The Morgan fingerprint density at radius 2 is 1.93 bits per heavy atom. The molecule has 7 nitrogen and oxygen atoms in total. The monoisotopic (exact) mass is 433 g/mol. The van der Waals surface area contributed by atoms with Crippen LogP contribution in [0, 0.1) is 13.8 Å². The third-order valence-corrected chi connectivity index (χ3v) is 5.00. The molecule has 1 amide bonds. The van der Waals surface area contributed by atoms with Gasteiger partial charge in [0.15, 0.2) is 11.5 Å². The van der Waals surface area contributed by atoms with Crippen molar-refractivity contribution in [1.82, 2.24) is 19.6 Å². The van der Waals surface area contributed by atoms with E-state index in [-0.39, 0.29) is 22.8 Å². The lowest BCUT2D eigenvalue weighted by molar-refractivity contribution is -0.274. The molecule has 30 heavy (non-hydrogen) atoms. The molecule has 0 saturated carbocycles. The second-order valence-corrected chi connectivity index (χ2v) is 7.68. The smallest absolute Gasteiger partial charge is 0.405 e. The van der Waals surface area contributed by atoms with Gasteiger partial charge in [0.2, 0.25) is 0 Å². The number of benzene rings is 1. The molecule has 11 heteroatoms. The summed E-state index contributed by atoms with van der Waals surface area (Å²) in [6.45, 7) is 3.60. The van der Waals surface area contributed by atoms with Gasteiger partial charge < -0.3 is 10.1 Å². The molecule has 4 aromatic rings. The summed E-state index contributed by atoms with van der Waals surface area (Å²) < 4.78 is 43.6. The third-order valence-electron chi connectivity index (χ3n) is 4.11. The van der Waals surface area contributed by atoms with E-state index in [0.717, 1.165) is 9.88 Å². The molecule has 0 saturated heterocycles. The number of nitrogens with one attached hydrogen (secondary N) is 1. The molecule has 0 spiro atoms. The van der Waals surface area contributed by atoms with Crippen LogP contribution >= 0.6 is 11.3 Å². The molecule has 3 heterocycles. The molecule has 4 rings (SSSR count). The third kappa shape index (κ3) is 3.96. The first-order valence-corrected chi connectivity index (χ1v) is 9.48. The molecule has 3 aromatic heterocycles. The molecule has 0 atom stereocenters. The summed E-state index contributed by atoms with van der Waals surface area (Å²) in [5.41, 5.74) is 1.08. The van der Waals surface area contributed by atoms with E-state index in [0.29, 0.717) is 11.3 Å². The van der Waals surface area contributed by atoms with Crippen molar-refractivity contribution in [2.24, 2.45) is 0 Å². The van der Waals surface area contributed by atoms with Crippen molar-refractivity contribution in [3.63, 3.8) is 0 Å². The van der Waals surface area contributed by atoms with Gasteiger partial charge in [-0.05, 0) is 38.1 Å².